The molecule has 2 rings (SSSR count). The van der Waals surface area contributed by atoms with Crippen molar-refractivity contribution in [3.63, 3.8) is 0 Å². The van der Waals surface area contributed by atoms with Crippen LogP contribution < -0.4 is 0 Å². The summed E-state index contributed by atoms with van der Waals surface area (Å²) in [7, 11) is 0. The van der Waals surface area contributed by atoms with Gasteiger partial charge in [-0.2, -0.15) is 0 Å². The molecule has 5 nitrogen and oxygen atoms in total. The van der Waals surface area contributed by atoms with Gasteiger partial charge >= 0.3 is 6.09 Å². The normalized spacial score (nSPS) is 10.5. The second-order valence-corrected chi connectivity index (χ2v) is 2.39. The number of hydrogen-bond donors (Lipinski definition) is 1. The molecule has 2 heterocycles. The summed E-state index contributed by atoms with van der Waals surface area (Å²) in [6, 6.07) is 1.13. The van der Waals surface area contributed by atoms with Gasteiger partial charge in [0.05, 0.1) is 6.20 Å². The van der Waals surface area contributed by atoms with Crippen molar-refractivity contribution in [2.75, 3.05) is 0 Å². The van der Waals surface area contributed by atoms with Gasteiger partial charge in [-0.25, -0.2) is 23.7 Å². The average Bonchev–Trinajstić information content (AvgIpc) is 2.46. The summed E-state index contributed by atoms with van der Waals surface area (Å²) in [6.07, 6.45) is 0.838. The third-order valence-electron chi connectivity index (χ3n) is 1.56. The van der Waals surface area contributed by atoms with Crippen LogP contribution in [0.2, 0.25) is 0 Å². The standard InChI is InChI=1S/C7H4FN3O2/c8-4-1-5-6(9-2-4)11(3-10-5)7(12)13/h1-3H,(H,12,13). The van der Waals surface area contributed by atoms with E-state index in [2.05, 4.69) is 9.97 Å². The molecule has 0 aliphatic rings. The minimum atomic E-state index is -1.19. The maximum absolute atomic E-state index is 12.6. The first-order chi connectivity index (χ1) is 6.18. The number of halogens is 1. The molecule has 2 aromatic rings. The molecule has 0 amide bonds. The first-order valence-electron chi connectivity index (χ1n) is 3.40. The fourth-order valence-corrected chi connectivity index (χ4v) is 1.02. The van der Waals surface area contributed by atoms with Gasteiger partial charge in [-0.3, -0.25) is 0 Å². The van der Waals surface area contributed by atoms with Crippen molar-refractivity contribution in [1.82, 2.24) is 14.5 Å². The van der Waals surface area contributed by atoms with Crippen LogP contribution in [0.4, 0.5) is 9.18 Å². The van der Waals surface area contributed by atoms with Crippen LogP contribution in [0.3, 0.4) is 0 Å². The van der Waals surface area contributed by atoms with E-state index in [-0.39, 0.29) is 11.2 Å². The maximum atomic E-state index is 12.6. The molecule has 66 valence electrons. The van der Waals surface area contributed by atoms with E-state index in [1.54, 1.807) is 0 Å². The van der Waals surface area contributed by atoms with Gasteiger partial charge in [0.25, 0.3) is 0 Å². The Morgan fingerprint density at radius 3 is 3.00 bits per heavy atom. The van der Waals surface area contributed by atoms with Gasteiger partial charge in [0.1, 0.15) is 17.7 Å². The lowest BCUT2D eigenvalue weighted by atomic mass is 10.4. The Morgan fingerprint density at radius 2 is 2.31 bits per heavy atom. The van der Waals surface area contributed by atoms with Gasteiger partial charge in [0.2, 0.25) is 0 Å². The van der Waals surface area contributed by atoms with Gasteiger partial charge < -0.3 is 5.11 Å². The lowest BCUT2D eigenvalue weighted by Crippen LogP contribution is -2.06. The SMILES string of the molecule is O=C(O)n1cnc2cc(F)cnc21. The van der Waals surface area contributed by atoms with E-state index in [9.17, 15) is 9.18 Å². The number of carbonyl (C=O) groups is 1. The molecule has 0 aromatic carbocycles. The van der Waals surface area contributed by atoms with Gasteiger partial charge in [0.15, 0.2) is 5.65 Å². The van der Waals surface area contributed by atoms with Crippen LogP contribution >= 0.6 is 0 Å². The zero-order valence-electron chi connectivity index (χ0n) is 6.31. The molecule has 0 atom stereocenters. The number of nitrogens with zero attached hydrogens (tertiary/aromatic N) is 3. The second kappa shape index (κ2) is 2.51. The first kappa shape index (κ1) is 7.66. The fraction of sp³-hybridized carbons (Fsp3) is 0. The molecule has 6 heteroatoms. The van der Waals surface area contributed by atoms with Crippen LogP contribution in [-0.4, -0.2) is 25.7 Å². The van der Waals surface area contributed by atoms with E-state index in [0.717, 1.165) is 23.2 Å². The summed E-state index contributed by atoms with van der Waals surface area (Å²) in [4.78, 5) is 17.8. The fourth-order valence-electron chi connectivity index (χ4n) is 1.02. The highest BCUT2D eigenvalue weighted by atomic mass is 19.1. The number of imidazole rings is 1. The Bertz CT molecular complexity index is 480. The molecule has 0 bridgehead atoms. The van der Waals surface area contributed by atoms with Crippen LogP contribution in [0.25, 0.3) is 11.2 Å². The van der Waals surface area contributed by atoms with Crippen LogP contribution in [-0.2, 0) is 0 Å². The molecule has 0 aliphatic heterocycles. The Balaban J connectivity index is 2.76. The molecule has 0 spiro atoms. The largest absolute Gasteiger partial charge is 0.464 e. The predicted octanol–water partition coefficient (Wildman–Crippen LogP) is 1.10. The van der Waals surface area contributed by atoms with Gasteiger partial charge in [0, 0.05) is 6.07 Å². The zero-order chi connectivity index (χ0) is 9.42. The quantitative estimate of drug-likeness (QED) is 0.660. The van der Waals surface area contributed by atoms with E-state index in [0.29, 0.717) is 0 Å². The summed E-state index contributed by atoms with van der Waals surface area (Å²) in [5, 5.41) is 8.63. The summed E-state index contributed by atoms with van der Waals surface area (Å²) in [5.41, 5.74) is 0.358. The molecule has 13 heavy (non-hydrogen) atoms. The van der Waals surface area contributed by atoms with Crippen LogP contribution in [0.5, 0.6) is 0 Å². The number of fused-ring (bicyclic) bond motifs is 1. The van der Waals surface area contributed by atoms with Crippen LogP contribution in [0, 0.1) is 5.82 Å². The molecule has 2 aromatic heterocycles. The van der Waals surface area contributed by atoms with Crippen molar-refractivity contribution in [3.05, 3.63) is 24.4 Å². The van der Waals surface area contributed by atoms with Crippen molar-refractivity contribution in [2.45, 2.75) is 0 Å². The summed E-state index contributed by atoms with van der Waals surface area (Å²) in [6.45, 7) is 0. The van der Waals surface area contributed by atoms with E-state index in [4.69, 9.17) is 5.11 Å². The van der Waals surface area contributed by atoms with Gasteiger partial charge in [-0.1, -0.05) is 0 Å². The summed E-state index contributed by atoms with van der Waals surface area (Å²) in [5.74, 6) is -0.539. The van der Waals surface area contributed by atoms with Gasteiger partial charge in [-0.15, -0.1) is 0 Å². The summed E-state index contributed by atoms with van der Waals surface area (Å²) < 4.78 is 13.4. The summed E-state index contributed by atoms with van der Waals surface area (Å²) >= 11 is 0. The molecule has 0 fully saturated rings. The van der Waals surface area contributed by atoms with Crippen LogP contribution in [0.15, 0.2) is 18.6 Å². The number of carboxylic acid groups (broad SMARTS) is 1. The Labute approximate surface area is 71.5 Å². The minimum Gasteiger partial charge on any atom is -0.464 e. The highest BCUT2D eigenvalue weighted by Gasteiger charge is 2.09. The number of aromatic nitrogens is 3. The molecule has 0 radical (unpaired) electrons. The Hall–Kier alpha value is -1.98. The third kappa shape index (κ3) is 1.12. The molecule has 0 aliphatic carbocycles. The molecule has 0 unspecified atom stereocenters. The van der Waals surface area contributed by atoms with Crippen LogP contribution in [0.1, 0.15) is 0 Å². The minimum absolute atomic E-state index is 0.133. The predicted molar refractivity (Wildman–Crippen MR) is 40.9 cm³/mol. The highest BCUT2D eigenvalue weighted by Crippen LogP contribution is 2.10. The molecular formula is C7H4FN3O2. The van der Waals surface area contributed by atoms with E-state index in [1.165, 1.54) is 0 Å². The number of rotatable bonds is 0. The monoisotopic (exact) mass is 181 g/mol. The molecule has 1 N–H and O–H groups in total. The van der Waals surface area contributed by atoms with E-state index in [1.807, 2.05) is 0 Å². The van der Waals surface area contributed by atoms with Crippen molar-refractivity contribution < 1.29 is 14.3 Å². The van der Waals surface area contributed by atoms with E-state index < -0.39 is 11.9 Å². The third-order valence-corrected chi connectivity index (χ3v) is 1.56. The van der Waals surface area contributed by atoms with Crippen molar-refractivity contribution in [2.24, 2.45) is 0 Å². The zero-order valence-corrected chi connectivity index (χ0v) is 6.31. The Morgan fingerprint density at radius 1 is 1.54 bits per heavy atom. The highest BCUT2D eigenvalue weighted by molar-refractivity contribution is 5.82. The van der Waals surface area contributed by atoms with E-state index >= 15 is 0 Å². The van der Waals surface area contributed by atoms with Crippen molar-refractivity contribution in [1.29, 1.82) is 0 Å². The molecule has 0 saturated heterocycles. The molecular weight excluding hydrogens is 177 g/mol. The maximum Gasteiger partial charge on any atom is 0.418 e. The lowest BCUT2D eigenvalue weighted by Gasteiger charge is -1.93. The average molecular weight is 181 g/mol. The number of pyridine rings is 1. The van der Waals surface area contributed by atoms with Crippen molar-refractivity contribution >= 4 is 17.3 Å². The smallest absolute Gasteiger partial charge is 0.418 e. The number of hydrogen-bond acceptors (Lipinski definition) is 3. The lowest BCUT2D eigenvalue weighted by molar-refractivity contribution is 0.197. The molecule has 0 saturated carbocycles. The topological polar surface area (TPSA) is 68.0 Å². The Kier molecular flexibility index (Phi) is 1.48. The first-order valence-corrected chi connectivity index (χ1v) is 3.40. The van der Waals surface area contributed by atoms with Crippen molar-refractivity contribution in [3.8, 4) is 0 Å². The van der Waals surface area contributed by atoms with Gasteiger partial charge in [-0.05, 0) is 0 Å². The second-order valence-electron chi connectivity index (χ2n) is 2.39.